The summed E-state index contributed by atoms with van der Waals surface area (Å²) in [5.41, 5.74) is 26.3. The molecule has 0 N–H and O–H groups in total. The largest absolute Gasteiger partial charge is 0.0622 e. The smallest absolute Gasteiger partial charge is 0.000740 e. The number of rotatable bonds is 4. The standard InChI is InChI=1S/C80H68/c1-77(2,3)49-39-47(40-50(43-49)78(4,5)6)67-55-29-21-22-30-56(55)68(48-41-51(79(7,8)9)44-52(42-48)80(10,11)12)76-64-38-34-60-58-32-36-62-71-61(35-31-57(69(58)71)59-33-37-63(75(67)76)72(64)70(59)60)73-65(45-23-15-13-16-24-45)53-27-19-20-28-54(53)66(74(62)73)46-25-17-14-18-26-46/h13-44H,1-12H3. The molecule has 2 aliphatic rings. The van der Waals surface area contributed by atoms with Crippen molar-refractivity contribution < 1.29 is 0 Å². The van der Waals surface area contributed by atoms with E-state index in [1.54, 1.807) is 0 Å². The zero-order valence-corrected chi connectivity index (χ0v) is 48.5. The van der Waals surface area contributed by atoms with E-state index in [2.05, 4.69) is 277 Å². The molecule has 0 saturated carbocycles. The van der Waals surface area contributed by atoms with E-state index in [1.807, 2.05) is 0 Å². The molecular weight excluding hydrogens is 961 g/mol. The third kappa shape index (κ3) is 6.94. The zero-order chi connectivity index (χ0) is 55.1. The van der Waals surface area contributed by atoms with Crippen LogP contribution in [-0.2, 0) is 21.7 Å². The number of hydrogen-bond donors (Lipinski definition) is 0. The molecule has 0 saturated heterocycles. The van der Waals surface area contributed by atoms with Gasteiger partial charge >= 0.3 is 0 Å². The molecule has 0 bridgehead atoms. The summed E-state index contributed by atoms with van der Waals surface area (Å²) in [6, 6.07) is 75.7. The van der Waals surface area contributed by atoms with Crippen LogP contribution in [0.15, 0.2) is 194 Å². The molecule has 0 fully saturated rings. The van der Waals surface area contributed by atoms with Crippen molar-refractivity contribution in [1.82, 2.24) is 0 Å². The van der Waals surface area contributed by atoms with Gasteiger partial charge in [0.25, 0.3) is 0 Å². The Bertz CT molecular complexity index is 4440. The molecular formula is C80H68. The lowest BCUT2D eigenvalue weighted by Gasteiger charge is -2.29. The van der Waals surface area contributed by atoms with Gasteiger partial charge in [-0.2, -0.15) is 0 Å². The molecule has 13 aromatic carbocycles. The van der Waals surface area contributed by atoms with Gasteiger partial charge in [0, 0.05) is 0 Å². The highest BCUT2D eigenvalue weighted by Crippen LogP contribution is 2.63. The molecule has 0 radical (unpaired) electrons. The number of hydrogen-bond acceptors (Lipinski definition) is 0. The maximum absolute atomic E-state index is 2.53. The van der Waals surface area contributed by atoms with E-state index in [0.717, 1.165) is 0 Å². The van der Waals surface area contributed by atoms with E-state index >= 15 is 0 Å². The Morgan fingerprint density at radius 2 is 0.425 bits per heavy atom. The second-order valence-electron chi connectivity index (χ2n) is 27.6. The SMILES string of the molecule is CC(C)(C)c1cc(-c2c3c(c(-c4cc(C(C)(C)C)cc(C(C)(C)C)c4)c4ccccc24)-c2ccc4c5ccc6c7c(ccc(c8ccc-3c2c84)c75)-c2c-6c(-c3ccccc3)c3ccccc3c2-c2ccccc2)cc(C(C)(C)C)c1. The van der Waals surface area contributed by atoms with Crippen LogP contribution in [0.4, 0.5) is 0 Å². The monoisotopic (exact) mass is 1030 g/mol. The van der Waals surface area contributed by atoms with Crippen LogP contribution < -0.4 is 0 Å². The fraction of sp³-hybridized carbons (Fsp3) is 0.200. The molecule has 0 heterocycles. The first-order valence-corrected chi connectivity index (χ1v) is 29.1. The van der Waals surface area contributed by atoms with E-state index in [4.69, 9.17) is 0 Å². The van der Waals surface area contributed by atoms with Gasteiger partial charge in [-0.05, 0) is 198 Å². The molecule has 0 amide bonds. The van der Waals surface area contributed by atoms with Crippen molar-refractivity contribution in [2.45, 2.75) is 105 Å². The van der Waals surface area contributed by atoms with Gasteiger partial charge in [-0.25, -0.2) is 0 Å². The van der Waals surface area contributed by atoms with Crippen LogP contribution in [0.1, 0.15) is 105 Å². The highest BCUT2D eigenvalue weighted by atomic mass is 14.4. The lowest BCUT2D eigenvalue weighted by atomic mass is 9.75. The Morgan fingerprint density at radius 1 is 0.188 bits per heavy atom. The van der Waals surface area contributed by atoms with Crippen molar-refractivity contribution in [2.24, 2.45) is 0 Å². The van der Waals surface area contributed by atoms with E-state index in [0.29, 0.717) is 0 Å². The van der Waals surface area contributed by atoms with Crippen LogP contribution >= 0.6 is 0 Å². The first kappa shape index (κ1) is 48.8. The summed E-state index contributed by atoms with van der Waals surface area (Å²) < 4.78 is 0. The van der Waals surface area contributed by atoms with E-state index in [-0.39, 0.29) is 21.7 Å². The first-order valence-electron chi connectivity index (χ1n) is 29.1. The molecule has 388 valence electrons. The average Bonchev–Trinajstić information content (AvgIpc) is 2.33. The van der Waals surface area contributed by atoms with Crippen molar-refractivity contribution >= 4 is 64.6 Å². The summed E-state index contributed by atoms with van der Waals surface area (Å²) in [6.07, 6.45) is 0. The van der Waals surface area contributed by atoms with Crippen LogP contribution in [0, 0.1) is 0 Å². The van der Waals surface area contributed by atoms with Crippen LogP contribution in [0.2, 0.25) is 0 Å². The molecule has 15 rings (SSSR count). The average molecular weight is 1030 g/mol. The van der Waals surface area contributed by atoms with Crippen LogP contribution in [-0.4, -0.2) is 0 Å². The normalized spacial score (nSPS) is 13.2. The summed E-state index contributed by atoms with van der Waals surface area (Å²) in [7, 11) is 0. The molecule has 13 aromatic rings. The summed E-state index contributed by atoms with van der Waals surface area (Å²) in [5.74, 6) is 0. The molecule has 0 unspecified atom stereocenters. The Hall–Kier alpha value is -8.32. The minimum atomic E-state index is -0.0495. The molecule has 0 heteroatoms. The summed E-state index contributed by atoms with van der Waals surface area (Å²) >= 11 is 0. The van der Waals surface area contributed by atoms with Gasteiger partial charge in [0.2, 0.25) is 0 Å². The summed E-state index contributed by atoms with van der Waals surface area (Å²) in [4.78, 5) is 0. The minimum absolute atomic E-state index is 0.0495. The third-order valence-electron chi connectivity index (χ3n) is 18.4. The van der Waals surface area contributed by atoms with Gasteiger partial charge in [0.15, 0.2) is 0 Å². The van der Waals surface area contributed by atoms with Gasteiger partial charge in [-0.15, -0.1) is 0 Å². The third-order valence-corrected chi connectivity index (χ3v) is 18.4. The summed E-state index contributed by atoms with van der Waals surface area (Å²) in [6.45, 7) is 28.4. The van der Waals surface area contributed by atoms with E-state index < -0.39 is 0 Å². The van der Waals surface area contributed by atoms with Gasteiger partial charge in [-0.3, -0.25) is 0 Å². The molecule has 0 atom stereocenters. The van der Waals surface area contributed by atoms with Gasteiger partial charge < -0.3 is 0 Å². The Labute approximate surface area is 472 Å². The van der Waals surface area contributed by atoms with Crippen molar-refractivity contribution in [3.8, 4) is 89.0 Å². The Balaban J connectivity index is 1.08. The number of benzene rings is 13. The second-order valence-corrected chi connectivity index (χ2v) is 27.6. The Kier molecular flexibility index (Phi) is 10.1. The first-order chi connectivity index (χ1) is 38.3. The topological polar surface area (TPSA) is 0 Å². The Morgan fingerprint density at radius 3 is 0.675 bits per heavy atom. The summed E-state index contributed by atoms with van der Waals surface area (Å²) in [5, 5.41) is 15.9. The predicted octanol–water partition coefficient (Wildman–Crippen LogP) is 23.2. The fourth-order valence-corrected chi connectivity index (χ4v) is 14.4. The molecule has 0 aliphatic heterocycles. The van der Waals surface area contributed by atoms with E-state index in [9.17, 15) is 0 Å². The lowest BCUT2D eigenvalue weighted by Crippen LogP contribution is -2.17. The zero-order valence-electron chi connectivity index (χ0n) is 48.5. The lowest BCUT2D eigenvalue weighted by molar-refractivity contribution is 0.568. The van der Waals surface area contributed by atoms with Gasteiger partial charge in [0.1, 0.15) is 0 Å². The molecule has 0 spiro atoms. The van der Waals surface area contributed by atoms with Crippen molar-refractivity contribution in [1.29, 1.82) is 0 Å². The molecule has 0 aromatic heterocycles. The van der Waals surface area contributed by atoms with E-state index in [1.165, 1.54) is 176 Å². The van der Waals surface area contributed by atoms with Gasteiger partial charge in [0.05, 0.1) is 0 Å². The molecule has 2 aliphatic carbocycles. The van der Waals surface area contributed by atoms with Crippen LogP contribution in [0.25, 0.3) is 154 Å². The van der Waals surface area contributed by atoms with Crippen LogP contribution in [0.5, 0.6) is 0 Å². The van der Waals surface area contributed by atoms with Crippen molar-refractivity contribution in [2.75, 3.05) is 0 Å². The second kappa shape index (κ2) is 16.6. The minimum Gasteiger partial charge on any atom is -0.0622 e. The maximum atomic E-state index is 2.53. The highest BCUT2D eigenvalue weighted by molar-refractivity contribution is 6.42. The maximum Gasteiger partial charge on any atom is -0.000740 e. The van der Waals surface area contributed by atoms with Gasteiger partial charge in [-0.1, -0.05) is 277 Å². The number of fused-ring (bicyclic) bond motifs is 10. The quantitative estimate of drug-likeness (QED) is 0.122. The fourth-order valence-electron chi connectivity index (χ4n) is 14.4. The molecule has 0 nitrogen and oxygen atoms in total. The van der Waals surface area contributed by atoms with Crippen molar-refractivity contribution in [3.63, 3.8) is 0 Å². The van der Waals surface area contributed by atoms with Crippen LogP contribution in [0.3, 0.4) is 0 Å². The van der Waals surface area contributed by atoms with Crippen molar-refractivity contribution in [3.05, 3.63) is 216 Å². The predicted molar refractivity (Wildman–Crippen MR) is 348 cm³/mol. The molecule has 80 heavy (non-hydrogen) atoms. The highest BCUT2D eigenvalue weighted by Gasteiger charge is 2.36.